The number of carbonyl (C=O) groups excluding carboxylic acids is 1. The number of nitro benzene ring substituents is 1. The van der Waals surface area contributed by atoms with Gasteiger partial charge in [-0.2, -0.15) is 0 Å². The van der Waals surface area contributed by atoms with E-state index in [9.17, 15) is 19.7 Å². The second-order valence-electron chi connectivity index (χ2n) is 4.98. The topological polar surface area (TPSA) is 110 Å². The number of amides is 1. The molecule has 0 saturated carbocycles. The number of carboxylic acid groups (broad SMARTS) is 1. The van der Waals surface area contributed by atoms with Gasteiger partial charge in [0, 0.05) is 24.7 Å². The van der Waals surface area contributed by atoms with E-state index >= 15 is 0 Å². The van der Waals surface area contributed by atoms with Gasteiger partial charge in [-0.3, -0.25) is 19.7 Å². The molecule has 0 aliphatic carbocycles. The van der Waals surface area contributed by atoms with Gasteiger partial charge in [-0.1, -0.05) is 18.5 Å². The minimum Gasteiger partial charge on any atom is -0.486 e. The molecule has 0 aliphatic rings. The summed E-state index contributed by atoms with van der Waals surface area (Å²) in [5, 5.41) is 19.9. The molecule has 1 amide bonds. The fourth-order valence-electron chi connectivity index (χ4n) is 1.79. The van der Waals surface area contributed by atoms with Crippen molar-refractivity contribution in [3.8, 4) is 5.75 Å². The molecule has 0 fully saturated rings. The van der Waals surface area contributed by atoms with Gasteiger partial charge >= 0.3 is 11.7 Å². The van der Waals surface area contributed by atoms with Gasteiger partial charge in [-0.05, 0) is 12.1 Å². The van der Waals surface area contributed by atoms with Crippen molar-refractivity contribution in [1.29, 1.82) is 0 Å². The van der Waals surface area contributed by atoms with Crippen LogP contribution in [-0.4, -0.2) is 47.0 Å². The van der Waals surface area contributed by atoms with E-state index < -0.39 is 16.8 Å². The maximum atomic E-state index is 11.9. The Morgan fingerprint density at radius 2 is 2.13 bits per heavy atom. The van der Waals surface area contributed by atoms with E-state index in [2.05, 4.69) is 0 Å². The molecule has 0 bridgehead atoms. The van der Waals surface area contributed by atoms with Crippen LogP contribution in [0.25, 0.3) is 0 Å². The van der Waals surface area contributed by atoms with Crippen molar-refractivity contribution in [3.05, 3.63) is 33.3 Å². The molecule has 1 N–H and O–H groups in total. The van der Waals surface area contributed by atoms with Crippen molar-refractivity contribution in [2.45, 2.75) is 13.3 Å². The average molecular weight is 345 g/mol. The predicted molar refractivity (Wildman–Crippen MR) is 82.7 cm³/mol. The molecule has 23 heavy (non-hydrogen) atoms. The molecule has 0 saturated heterocycles. The molecule has 0 radical (unpaired) electrons. The predicted octanol–water partition coefficient (Wildman–Crippen LogP) is 2.20. The van der Waals surface area contributed by atoms with E-state index in [4.69, 9.17) is 21.4 Å². The largest absolute Gasteiger partial charge is 0.486 e. The van der Waals surface area contributed by atoms with E-state index in [0.717, 1.165) is 0 Å². The van der Waals surface area contributed by atoms with Crippen molar-refractivity contribution >= 4 is 29.2 Å². The van der Waals surface area contributed by atoms with Crippen LogP contribution < -0.4 is 4.74 Å². The van der Waals surface area contributed by atoms with E-state index in [1.165, 1.54) is 37.1 Å². The van der Waals surface area contributed by atoms with Gasteiger partial charge in [-0.15, -0.1) is 0 Å². The molecule has 0 heterocycles. The number of hydrogen-bond donors (Lipinski definition) is 1. The number of halogens is 1. The standard InChI is InChI=1S/C14H17ClN2O6/c1-9(14(19)20)8-16(2)13(18)5-6-23-12-4-3-10(15)7-11(12)17(21)22/h3-4,7,9H,5-6,8H2,1-2H3,(H,19,20). The third kappa shape index (κ3) is 5.74. The number of hydrogen-bond acceptors (Lipinski definition) is 5. The molecule has 8 nitrogen and oxygen atoms in total. The van der Waals surface area contributed by atoms with Crippen LogP contribution in [0.5, 0.6) is 5.75 Å². The van der Waals surface area contributed by atoms with Crippen LogP contribution in [0.4, 0.5) is 5.69 Å². The van der Waals surface area contributed by atoms with E-state index in [-0.39, 0.29) is 41.9 Å². The minimum atomic E-state index is -0.988. The zero-order valence-corrected chi connectivity index (χ0v) is 13.4. The monoisotopic (exact) mass is 344 g/mol. The van der Waals surface area contributed by atoms with E-state index in [1.807, 2.05) is 0 Å². The van der Waals surface area contributed by atoms with Gasteiger partial charge in [-0.25, -0.2) is 0 Å². The van der Waals surface area contributed by atoms with Crippen LogP contribution in [0.15, 0.2) is 18.2 Å². The normalized spacial score (nSPS) is 11.6. The van der Waals surface area contributed by atoms with Gasteiger partial charge in [0.05, 0.1) is 23.9 Å². The average Bonchev–Trinajstić information content (AvgIpc) is 2.47. The summed E-state index contributed by atoms with van der Waals surface area (Å²) in [5.41, 5.74) is -0.280. The zero-order valence-electron chi connectivity index (χ0n) is 12.7. The summed E-state index contributed by atoms with van der Waals surface area (Å²) in [6.07, 6.45) is -0.0252. The Bertz CT molecular complexity index is 607. The highest BCUT2D eigenvalue weighted by Crippen LogP contribution is 2.29. The summed E-state index contributed by atoms with van der Waals surface area (Å²) in [4.78, 5) is 34.2. The first kappa shape index (κ1) is 18.7. The summed E-state index contributed by atoms with van der Waals surface area (Å²) >= 11 is 5.69. The number of aliphatic carboxylic acids is 1. The number of carbonyl (C=O) groups is 2. The van der Waals surface area contributed by atoms with Crippen molar-refractivity contribution in [2.75, 3.05) is 20.2 Å². The highest BCUT2D eigenvalue weighted by molar-refractivity contribution is 6.30. The van der Waals surface area contributed by atoms with Crippen LogP contribution >= 0.6 is 11.6 Å². The summed E-state index contributed by atoms with van der Waals surface area (Å²) in [7, 11) is 1.49. The highest BCUT2D eigenvalue weighted by Gasteiger charge is 2.19. The number of rotatable bonds is 8. The van der Waals surface area contributed by atoms with Crippen LogP contribution in [0.2, 0.25) is 5.02 Å². The van der Waals surface area contributed by atoms with Gasteiger partial charge < -0.3 is 14.7 Å². The summed E-state index contributed by atoms with van der Waals surface area (Å²) in [6, 6.07) is 3.98. The number of ether oxygens (including phenoxy) is 1. The van der Waals surface area contributed by atoms with Crippen molar-refractivity contribution in [2.24, 2.45) is 5.92 Å². The van der Waals surface area contributed by atoms with E-state index in [1.54, 1.807) is 0 Å². The van der Waals surface area contributed by atoms with Crippen LogP contribution in [-0.2, 0) is 9.59 Å². The molecule has 1 rings (SSSR count). The Labute approximate surface area is 137 Å². The second kappa shape index (κ2) is 8.33. The molecule has 1 aromatic rings. The maximum Gasteiger partial charge on any atom is 0.312 e. The number of benzene rings is 1. The molecule has 0 spiro atoms. The van der Waals surface area contributed by atoms with Gasteiger partial charge in [0.2, 0.25) is 5.91 Å². The highest BCUT2D eigenvalue weighted by atomic mass is 35.5. The lowest BCUT2D eigenvalue weighted by molar-refractivity contribution is -0.385. The number of nitrogens with zero attached hydrogens (tertiary/aromatic N) is 2. The number of carboxylic acids is 1. The smallest absolute Gasteiger partial charge is 0.312 e. The van der Waals surface area contributed by atoms with Crippen molar-refractivity contribution < 1.29 is 24.4 Å². The molecule has 1 aromatic carbocycles. The first-order chi connectivity index (χ1) is 10.7. The first-order valence-electron chi connectivity index (χ1n) is 6.76. The Balaban J connectivity index is 2.55. The second-order valence-corrected chi connectivity index (χ2v) is 5.42. The lowest BCUT2D eigenvalue weighted by Crippen LogP contribution is -2.34. The molecule has 1 unspecified atom stereocenters. The lowest BCUT2D eigenvalue weighted by atomic mass is 10.2. The van der Waals surface area contributed by atoms with Crippen LogP contribution in [0.3, 0.4) is 0 Å². The molecular formula is C14H17ClN2O6. The van der Waals surface area contributed by atoms with Gasteiger partial charge in [0.25, 0.3) is 0 Å². The van der Waals surface area contributed by atoms with Crippen LogP contribution in [0, 0.1) is 16.0 Å². The van der Waals surface area contributed by atoms with Crippen LogP contribution in [0.1, 0.15) is 13.3 Å². The SMILES string of the molecule is CC(CN(C)C(=O)CCOc1ccc(Cl)cc1[N+](=O)[O-])C(=O)O. The molecule has 1 atom stereocenters. The summed E-state index contributed by atoms with van der Waals surface area (Å²) < 4.78 is 5.26. The quantitative estimate of drug-likeness (QED) is 0.571. The minimum absolute atomic E-state index is 0.0220. The lowest BCUT2D eigenvalue weighted by Gasteiger charge is -2.19. The van der Waals surface area contributed by atoms with E-state index in [0.29, 0.717) is 0 Å². The summed E-state index contributed by atoms with van der Waals surface area (Å²) in [5.74, 6) is -1.96. The molecular weight excluding hydrogens is 328 g/mol. The Morgan fingerprint density at radius 1 is 1.48 bits per heavy atom. The molecule has 9 heteroatoms. The Hall–Kier alpha value is -2.35. The third-order valence-electron chi connectivity index (χ3n) is 3.09. The third-order valence-corrected chi connectivity index (χ3v) is 3.32. The molecule has 126 valence electrons. The number of nitro groups is 1. The molecule has 0 aromatic heterocycles. The Kier molecular flexibility index (Phi) is 6.77. The molecule has 0 aliphatic heterocycles. The first-order valence-corrected chi connectivity index (χ1v) is 7.13. The van der Waals surface area contributed by atoms with Crippen molar-refractivity contribution in [3.63, 3.8) is 0 Å². The van der Waals surface area contributed by atoms with Gasteiger partial charge in [0.1, 0.15) is 0 Å². The van der Waals surface area contributed by atoms with Crippen molar-refractivity contribution in [1.82, 2.24) is 4.90 Å². The fraction of sp³-hybridized carbons (Fsp3) is 0.429. The summed E-state index contributed by atoms with van der Waals surface area (Å²) in [6.45, 7) is 1.52. The maximum absolute atomic E-state index is 11.9. The zero-order chi connectivity index (χ0) is 17.6. The fourth-order valence-corrected chi connectivity index (χ4v) is 1.95. The Morgan fingerprint density at radius 3 is 2.70 bits per heavy atom. The van der Waals surface area contributed by atoms with Gasteiger partial charge in [0.15, 0.2) is 5.75 Å².